The normalized spacial score (nSPS) is 14.2. The minimum Gasteiger partial charge on any atom is -0.480 e. The average Bonchev–Trinajstić information content (AvgIpc) is 2.16. The molecule has 0 aliphatic rings. The molecule has 0 aromatic heterocycles. The molecule has 0 saturated heterocycles. The molecule has 16 heavy (non-hydrogen) atoms. The Labute approximate surface area is 92.8 Å². The quantitative estimate of drug-likeness (QED) is 0.809. The Balaban J connectivity index is 3.01. The first-order valence-corrected chi connectivity index (χ1v) is 4.85. The second-order valence-corrected chi connectivity index (χ2v) is 3.52. The summed E-state index contributed by atoms with van der Waals surface area (Å²) in [4.78, 5) is 10.8. The van der Waals surface area contributed by atoms with Crippen LogP contribution in [0.25, 0.3) is 0 Å². The number of rotatable bonds is 4. The van der Waals surface area contributed by atoms with E-state index in [2.05, 4.69) is 0 Å². The SMILES string of the molecule is CC(Oc1cc(F)ccc1C(C)O)C(N)=O. The van der Waals surface area contributed by atoms with Crippen LogP contribution in [0.15, 0.2) is 18.2 Å². The van der Waals surface area contributed by atoms with E-state index in [1.807, 2.05) is 0 Å². The summed E-state index contributed by atoms with van der Waals surface area (Å²) in [5, 5.41) is 9.43. The van der Waals surface area contributed by atoms with Crippen LogP contribution in [0.5, 0.6) is 5.75 Å². The van der Waals surface area contributed by atoms with Crippen molar-refractivity contribution in [3.05, 3.63) is 29.6 Å². The zero-order valence-corrected chi connectivity index (χ0v) is 9.11. The molecule has 1 amide bonds. The van der Waals surface area contributed by atoms with E-state index in [0.717, 1.165) is 6.07 Å². The molecular weight excluding hydrogens is 213 g/mol. The van der Waals surface area contributed by atoms with Crippen LogP contribution in [0.2, 0.25) is 0 Å². The summed E-state index contributed by atoms with van der Waals surface area (Å²) in [6.45, 7) is 2.98. The van der Waals surface area contributed by atoms with Crippen molar-refractivity contribution in [1.82, 2.24) is 0 Å². The van der Waals surface area contributed by atoms with Crippen molar-refractivity contribution in [1.29, 1.82) is 0 Å². The van der Waals surface area contributed by atoms with Crippen molar-refractivity contribution in [2.75, 3.05) is 0 Å². The molecule has 88 valence electrons. The average molecular weight is 227 g/mol. The third-order valence-electron chi connectivity index (χ3n) is 2.13. The number of amides is 1. The minimum atomic E-state index is -0.876. The summed E-state index contributed by atoms with van der Waals surface area (Å²) in [7, 11) is 0. The summed E-state index contributed by atoms with van der Waals surface area (Å²) in [5.41, 5.74) is 5.44. The minimum absolute atomic E-state index is 0.126. The Morgan fingerprint density at radius 3 is 2.62 bits per heavy atom. The van der Waals surface area contributed by atoms with Crippen molar-refractivity contribution in [3.63, 3.8) is 0 Å². The van der Waals surface area contributed by atoms with Gasteiger partial charge in [-0.3, -0.25) is 4.79 Å². The van der Waals surface area contributed by atoms with Gasteiger partial charge in [0.05, 0.1) is 6.10 Å². The summed E-state index contributed by atoms with van der Waals surface area (Å²) in [5.74, 6) is -1.03. The molecule has 0 radical (unpaired) electrons. The van der Waals surface area contributed by atoms with Gasteiger partial charge in [-0.1, -0.05) is 0 Å². The monoisotopic (exact) mass is 227 g/mol. The highest BCUT2D eigenvalue weighted by Gasteiger charge is 2.16. The number of hydrogen-bond donors (Lipinski definition) is 2. The van der Waals surface area contributed by atoms with Gasteiger partial charge in [-0.15, -0.1) is 0 Å². The number of hydrogen-bond acceptors (Lipinski definition) is 3. The first-order valence-electron chi connectivity index (χ1n) is 4.85. The standard InChI is InChI=1S/C11H14FNO3/c1-6(14)9-4-3-8(12)5-10(9)16-7(2)11(13)15/h3-7,14H,1-2H3,(H2,13,15). The van der Waals surface area contributed by atoms with Gasteiger partial charge in [0.1, 0.15) is 11.6 Å². The molecule has 0 aliphatic heterocycles. The van der Waals surface area contributed by atoms with E-state index in [1.54, 1.807) is 0 Å². The number of halogens is 1. The van der Waals surface area contributed by atoms with Crippen LogP contribution in [0, 0.1) is 5.82 Å². The van der Waals surface area contributed by atoms with Crippen LogP contribution in [0.1, 0.15) is 25.5 Å². The zero-order valence-electron chi connectivity index (χ0n) is 9.11. The van der Waals surface area contributed by atoms with Gasteiger partial charge in [0.15, 0.2) is 6.10 Å². The van der Waals surface area contributed by atoms with E-state index < -0.39 is 23.9 Å². The lowest BCUT2D eigenvalue weighted by atomic mass is 10.1. The number of aliphatic hydroxyl groups excluding tert-OH is 1. The number of primary amides is 1. The smallest absolute Gasteiger partial charge is 0.258 e. The maximum absolute atomic E-state index is 13.0. The third-order valence-corrected chi connectivity index (χ3v) is 2.13. The van der Waals surface area contributed by atoms with Crippen LogP contribution in [-0.2, 0) is 4.79 Å². The third kappa shape index (κ3) is 2.93. The summed E-state index contributed by atoms with van der Waals surface area (Å²) >= 11 is 0. The summed E-state index contributed by atoms with van der Waals surface area (Å²) in [6, 6.07) is 3.73. The molecule has 1 rings (SSSR count). The van der Waals surface area contributed by atoms with Crippen molar-refractivity contribution in [3.8, 4) is 5.75 Å². The van der Waals surface area contributed by atoms with Crippen LogP contribution in [0.4, 0.5) is 4.39 Å². The molecule has 5 heteroatoms. The summed E-state index contributed by atoms with van der Waals surface area (Å²) < 4.78 is 18.2. The van der Waals surface area contributed by atoms with Gasteiger partial charge in [-0.05, 0) is 26.0 Å². The molecule has 0 aliphatic carbocycles. The van der Waals surface area contributed by atoms with Crippen molar-refractivity contribution >= 4 is 5.91 Å². The number of benzene rings is 1. The van der Waals surface area contributed by atoms with Crippen LogP contribution >= 0.6 is 0 Å². The van der Waals surface area contributed by atoms with E-state index in [1.165, 1.54) is 26.0 Å². The van der Waals surface area contributed by atoms with Gasteiger partial charge in [-0.25, -0.2) is 4.39 Å². The topological polar surface area (TPSA) is 72.6 Å². The lowest BCUT2D eigenvalue weighted by Crippen LogP contribution is -2.31. The molecule has 1 aromatic rings. The molecule has 3 N–H and O–H groups in total. The maximum atomic E-state index is 13.0. The highest BCUT2D eigenvalue weighted by Crippen LogP contribution is 2.26. The van der Waals surface area contributed by atoms with Crippen LogP contribution in [0.3, 0.4) is 0 Å². The van der Waals surface area contributed by atoms with E-state index in [4.69, 9.17) is 10.5 Å². The molecule has 0 bridgehead atoms. The predicted octanol–water partition coefficient (Wildman–Crippen LogP) is 1.13. The molecule has 0 saturated carbocycles. The van der Waals surface area contributed by atoms with Gasteiger partial charge < -0.3 is 15.6 Å². The fourth-order valence-electron chi connectivity index (χ4n) is 1.20. The van der Waals surface area contributed by atoms with E-state index in [9.17, 15) is 14.3 Å². The Hall–Kier alpha value is -1.62. The number of carbonyl (C=O) groups excluding carboxylic acids is 1. The second-order valence-electron chi connectivity index (χ2n) is 3.52. The number of aliphatic hydroxyl groups is 1. The fourth-order valence-corrected chi connectivity index (χ4v) is 1.20. The molecule has 4 nitrogen and oxygen atoms in total. The first kappa shape index (κ1) is 12.4. The Morgan fingerprint density at radius 2 is 2.12 bits per heavy atom. The van der Waals surface area contributed by atoms with Gasteiger partial charge in [0.2, 0.25) is 0 Å². The van der Waals surface area contributed by atoms with Crippen LogP contribution in [-0.4, -0.2) is 17.1 Å². The van der Waals surface area contributed by atoms with E-state index >= 15 is 0 Å². The Kier molecular flexibility index (Phi) is 3.84. The van der Waals surface area contributed by atoms with E-state index in [0.29, 0.717) is 5.56 Å². The zero-order chi connectivity index (χ0) is 12.3. The maximum Gasteiger partial charge on any atom is 0.258 e. The van der Waals surface area contributed by atoms with Gasteiger partial charge in [0, 0.05) is 11.6 Å². The molecule has 2 unspecified atom stereocenters. The van der Waals surface area contributed by atoms with Crippen molar-refractivity contribution < 1.29 is 19.0 Å². The van der Waals surface area contributed by atoms with Gasteiger partial charge in [-0.2, -0.15) is 0 Å². The van der Waals surface area contributed by atoms with Gasteiger partial charge in [0.25, 0.3) is 5.91 Å². The first-order chi connectivity index (χ1) is 7.41. The molecule has 1 aromatic carbocycles. The van der Waals surface area contributed by atoms with Crippen molar-refractivity contribution in [2.45, 2.75) is 26.1 Å². The lowest BCUT2D eigenvalue weighted by molar-refractivity contribution is -0.124. The lowest BCUT2D eigenvalue weighted by Gasteiger charge is -2.16. The highest BCUT2D eigenvalue weighted by atomic mass is 19.1. The summed E-state index contributed by atoms with van der Waals surface area (Å²) in [6.07, 6.45) is -1.69. The molecular formula is C11H14FNO3. The van der Waals surface area contributed by atoms with E-state index in [-0.39, 0.29) is 5.75 Å². The van der Waals surface area contributed by atoms with Crippen molar-refractivity contribution in [2.24, 2.45) is 5.73 Å². The Bertz CT molecular complexity index is 393. The molecule has 0 fully saturated rings. The highest BCUT2D eigenvalue weighted by molar-refractivity contribution is 5.78. The van der Waals surface area contributed by atoms with Crippen LogP contribution < -0.4 is 10.5 Å². The molecule has 0 heterocycles. The molecule has 0 spiro atoms. The van der Waals surface area contributed by atoms with Gasteiger partial charge >= 0.3 is 0 Å². The largest absolute Gasteiger partial charge is 0.480 e. The number of carbonyl (C=O) groups is 1. The number of ether oxygens (including phenoxy) is 1. The fraction of sp³-hybridized carbons (Fsp3) is 0.364. The number of nitrogens with two attached hydrogens (primary N) is 1. The predicted molar refractivity (Wildman–Crippen MR) is 56.3 cm³/mol. The Morgan fingerprint density at radius 1 is 1.50 bits per heavy atom. The second kappa shape index (κ2) is 4.94. The molecule has 2 atom stereocenters.